The molecule has 3 atom stereocenters. The number of carboxylic acids is 2. The van der Waals surface area contributed by atoms with Gasteiger partial charge >= 0.3 is 11.9 Å². The lowest BCUT2D eigenvalue weighted by Crippen LogP contribution is -2.55. The van der Waals surface area contributed by atoms with Gasteiger partial charge in [0, 0.05) is 6.54 Å². The monoisotopic (exact) mass is 554 g/mol. The van der Waals surface area contributed by atoms with Crippen LogP contribution in [0.4, 0.5) is 0 Å². The number of nitrogens with one attached hydrogen (secondary N) is 4. The van der Waals surface area contributed by atoms with Crippen LogP contribution in [0.15, 0.2) is 12.2 Å². The summed E-state index contributed by atoms with van der Waals surface area (Å²) in [7, 11) is 0. The molecule has 1 unspecified atom stereocenters. The van der Waals surface area contributed by atoms with Gasteiger partial charge in [0.25, 0.3) is 0 Å². The van der Waals surface area contributed by atoms with E-state index < -0.39 is 85.7 Å². The Balaban J connectivity index is 2.63. The van der Waals surface area contributed by atoms with Gasteiger partial charge < -0.3 is 42.1 Å². The summed E-state index contributed by atoms with van der Waals surface area (Å²) in [6.45, 7) is 0.411. The molecule has 0 aromatic rings. The zero-order valence-corrected chi connectivity index (χ0v) is 21.9. The minimum atomic E-state index is -1.54. The number of unbranched alkanes of at least 4 members (excludes halogenated alkanes) is 3. The van der Waals surface area contributed by atoms with Gasteiger partial charge in [-0.25, -0.2) is 0 Å². The van der Waals surface area contributed by atoms with E-state index in [1.165, 1.54) is 6.08 Å². The molecule has 0 saturated heterocycles. The topological polar surface area (TPSA) is 237 Å². The molecule has 0 spiro atoms. The number of carbonyl (C=O) groups is 7. The number of nitrogens with two attached hydrogens (primary N) is 1. The second kappa shape index (κ2) is 17.5. The summed E-state index contributed by atoms with van der Waals surface area (Å²) in [5.74, 6) is -6.39. The highest BCUT2D eigenvalue weighted by atomic mass is 16.4. The van der Waals surface area contributed by atoms with E-state index in [1.807, 2.05) is 0 Å². The highest BCUT2D eigenvalue weighted by Crippen LogP contribution is 2.11. The number of carboxylic acid groups (broad SMARTS) is 2. The lowest BCUT2D eigenvalue weighted by molar-refractivity contribution is -0.142. The molecule has 0 radical (unpaired) electrons. The zero-order valence-electron chi connectivity index (χ0n) is 21.9. The van der Waals surface area contributed by atoms with Crippen LogP contribution in [0, 0.1) is 0 Å². The molecule has 0 aromatic heterocycles. The molecule has 0 aromatic carbocycles. The van der Waals surface area contributed by atoms with Crippen LogP contribution < -0.4 is 27.0 Å². The van der Waals surface area contributed by atoms with Crippen LogP contribution in [0.2, 0.25) is 0 Å². The van der Waals surface area contributed by atoms with E-state index in [4.69, 9.17) is 15.9 Å². The maximum absolute atomic E-state index is 12.7. The molecule has 15 nitrogen and oxygen atoms in total. The first-order valence-electron chi connectivity index (χ1n) is 12.7. The summed E-state index contributed by atoms with van der Waals surface area (Å²) in [6.07, 6.45) is 6.91. The Bertz CT molecular complexity index is 939. The normalized spacial score (nSPS) is 15.9. The number of aliphatic carboxylic acids is 2. The van der Waals surface area contributed by atoms with Crippen molar-refractivity contribution in [3.63, 3.8) is 0 Å². The smallest absolute Gasteiger partial charge is 0.322 e. The molecule has 0 saturated carbocycles. The summed E-state index contributed by atoms with van der Waals surface area (Å²) in [5.41, 5.74) is 5.81. The van der Waals surface area contributed by atoms with Gasteiger partial charge in [0.2, 0.25) is 29.5 Å². The average molecular weight is 555 g/mol. The quantitative estimate of drug-likeness (QED) is 0.0758. The Kier molecular flexibility index (Phi) is 14.8. The molecule has 15 heteroatoms. The van der Waals surface area contributed by atoms with Gasteiger partial charge in [-0.2, -0.15) is 0 Å². The van der Waals surface area contributed by atoms with Crippen LogP contribution in [0.5, 0.6) is 0 Å². The highest BCUT2D eigenvalue weighted by molar-refractivity contribution is 5.96. The van der Waals surface area contributed by atoms with Crippen molar-refractivity contribution in [2.45, 2.75) is 70.0 Å². The minimum absolute atomic E-state index is 0.131. The Morgan fingerprint density at radius 1 is 0.923 bits per heavy atom. The second-order valence-corrected chi connectivity index (χ2v) is 8.97. The fraction of sp³-hybridized carbons (Fsp3) is 0.625. The van der Waals surface area contributed by atoms with Gasteiger partial charge in [-0.1, -0.05) is 44.8 Å². The third-order valence-electron chi connectivity index (χ3n) is 5.77. The van der Waals surface area contributed by atoms with E-state index in [1.54, 1.807) is 6.08 Å². The van der Waals surface area contributed by atoms with Gasteiger partial charge in [0.05, 0.1) is 25.6 Å². The maximum atomic E-state index is 12.7. The van der Waals surface area contributed by atoms with Crippen molar-refractivity contribution in [1.29, 1.82) is 0 Å². The molecule has 39 heavy (non-hydrogen) atoms. The molecule has 8 N–H and O–H groups in total. The molecular weight excluding hydrogens is 516 g/mol. The third kappa shape index (κ3) is 12.9. The molecule has 0 aliphatic carbocycles. The van der Waals surface area contributed by atoms with E-state index in [9.17, 15) is 33.6 Å². The van der Waals surface area contributed by atoms with Gasteiger partial charge in [-0.05, 0) is 12.8 Å². The van der Waals surface area contributed by atoms with Gasteiger partial charge in [-0.3, -0.25) is 33.6 Å². The van der Waals surface area contributed by atoms with Crippen LogP contribution in [0.3, 0.4) is 0 Å². The average Bonchev–Trinajstić information content (AvgIpc) is 2.90. The highest BCUT2D eigenvalue weighted by Gasteiger charge is 2.31. The van der Waals surface area contributed by atoms with E-state index in [0.29, 0.717) is 12.8 Å². The molecular formula is C24H38N6O9. The lowest BCUT2D eigenvalue weighted by atomic mass is 10.1. The first kappa shape index (κ1) is 33.0. The molecule has 1 aliphatic rings. The van der Waals surface area contributed by atoms with Crippen molar-refractivity contribution in [1.82, 2.24) is 26.2 Å². The number of amides is 5. The first-order chi connectivity index (χ1) is 18.5. The SMILES string of the molecule is CCCCCC[C@H](N)C(=O)NCC(=O)N[C@@H](CC(=O)O)C(=O)NCC(=O)N1CCC=CC1C(=O)NCC(=O)O. The fourth-order valence-corrected chi connectivity index (χ4v) is 3.70. The van der Waals surface area contributed by atoms with Crippen LogP contribution in [-0.4, -0.2) is 101 Å². The van der Waals surface area contributed by atoms with Crippen LogP contribution in [0.25, 0.3) is 0 Å². The fourth-order valence-electron chi connectivity index (χ4n) is 3.70. The van der Waals surface area contributed by atoms with E-state index in [-0.39, 0.29) is 6.54 Å². The molecule has 1 heterocycles. The Labute approximate surface area is 225 Å². The predicted molar refractivity (Wildman–Crippen MR) is 137 cm³/mol. The molecule has 1 rings (SSSR count). The third-order valence-corrected chi connectivity index (χ3v) is 5.77. The summed E-state index contributed by atoms with van der Waals surface area (Å²) < 4.78 is 0. The molecule has 5 amide bonds. The summed E-state index contributed by atoms with van der Waals surface area (Å²) in [4.78, 5) is 85.0. The second-order valence-electron chi connectivity index (χ2n) is 8.97. The Morgan fingerprint density at radius 3 is 2.26 bits per heavy atom. The summed E-state index contributed by atoms with van der Waals surface area (Å²) >= 11 is 0. The predicted octanol–water partition coefficient (Wildman–Crippen LogP) is -2.17. The van der Waals surface area contributed by atoms with E-state index in [2.05, 4.69) is 28.2 Å². The molecule has 0 fully saturated rings. The van der Waals surface area contributed by atoms with Crippen molar-refractivity contribution in [2.24, 2.45) is 5.73 Å². The Morgan fingerprint density at radius 2 is 1.62 bits per heavy atom. The molecule has 218 valence electrons. The number of rotatable bonds is 17. The van der Waals surface area contributed by atoms with Crippen LogP contribution >= 0.6 is 0 Å². The Hall–Kier alpha value is -4.01. The van der Waals surface area contributed by atoms with Crippen LogP contribution in [0.1, 0.15) is 51.9 Å². The molecule has 1 aliphatic heterocycles. The lowest BCUT2D eigenvalue weighted by Gasteiger charge is -2.31. The molecule has 0 bridgehead atoms. The summed E-state index contributed by atoms with van der Waals surface area (Å²) in [6, 6.07) is -3.43. The van der Waals surface area contributed by atoms with E-state index in [0.717, 1.165) is 30.6 Å². The summed E-state index contributed by atoms with van der Waals surface area (Å²) in [5, 5.41) is 26.9. The number of nitrogens with zero attached hydrogens (tertiary/aromatic N) is 1. The van der Waals surface area contributed by atoms with Crippen LogP contribution in [-0.2, 0) is 33.6 Å². The largest absolute Gasteiger partial charge is 0.481 e. The number of carbonyl (C=O) groups excluding carboxylic acids is 5. The van der Waals surface area contributed by atoms with Gasteiger partial charge in [0.1, 0.15) is 18.6 Å². The number of hydrogen-bond donors (Lipinski definition) is 7. The van der Waals surface area contributed by atoms with Gasteiger partial charge in [-0.15, -0.1) is 0 Å². The van der Waals surface area contributed by atoms with Gasteiger partial charge in [0.15, 0.2) is 0 Å². The maximum Gasteiger partial charge on any atom is 0.322 e. The minimum Gasteiger partial charge on any atom is -0.481 e. The van der Waals surface area contributed by atoms with Crippen molar-refractivity contribution in [3.8, 4) is 0 Å². The first-order valence-corrected chi connectivity index (χ1v) is 12.7. The van der Waals surface area contributed by atoms with Crippen molar-refractivity contribution >= 4 is 41.5 Å². The zero-order chi connectivity index (χ0) is 29.4. The van der Waals surface area contributed by atoms with Crippen molar-refractivity contribution in [2.75, 3.05) is 26.2 Å². The van der Waals surface area contributed by atoms with E-state index >= 15 is 0 Å². The standard InChI is InChI=1S/C24H38N6O9/c1-2-3-4-5-8-15(25)22(37)26-12-18(31)29-16(11-20(33)34)23(38)27-13-19(32)30-10-7-6-9-17(30)24(39)28-14-21(35)36/h6,9,15-17H,2-5,7-8,10-14,25H2,1H3,(H,26,37)(H,27,38)(H,28,39)(H,29,31)(H,33,34)(H,35,36)/t15-,16-,17?/m0/s1. The van der Waals surface area contributed by atoms with Crippen molar-refractivity contribution in [3.05, 3.63) is 12.2 Å². The number of hydrogen-bond acceptors (Lipinski definition) is 8. The van der Waals surface area contributed by atoms with Crippen molar-refractivity contribution < 1.29 is 43.8 Å².